The second-order valence-electron chi connectivity index (χ2n) is 3.93. The number of unbranched alkanes of at least 4 members (excludes halogenated alkanes) is 4. The molecule has 1 heterocycles. The lowest BCUT2D eigenvalue weighted by molar-refractivity contribution is 0.0689. The number of carboxylic acid groups (broad SMARTS) is 1. The van der Waals surface area contributed by atoms with Crippen molar-refractivity contribution in [2.45, 2.75) is 39.0 Å². The van der Waals surface area contributed by atoms with Crippen molar-refractivity contribution in [3.8, 4) is 5.88 Å². The van der Waals surface area contributed by atoms with Crippen LogP contribution in [0.15, 0.2) is 18.2 Å². The summed E-state index contributed by atoms with van der Waals surface area (Å²) in [5.41, 5.74) is 0.0217. The molecule has 0 radical (unpaired) electrons. The number of aromatic carboxylic acids is 1. The van der Waals surface area contributed by atoms with E-state index >= 15 is 0 Å². The second-order valence-corrected chi connectivity index (χ2v) is 3.93. The molecule has 0 amide bonds. The van der Waals surface area contributed by atoms with Crippen LogP contribution in [0.1, 0.15) is 49.5 Å². The van der Waals surface area contributed by atoms with Crippen LogP contribution < -0.4 is 4.74 Å². The van der Waals surface area contributed by atoms with Crippen LogP contribution in [-0.4, -0.2) is 22.7 Å². The minimum absolute atomic E-state index is 0.0217. The quantitative estimate of drug-likeness (QED) is 0.706. The summed E-state index contributed by atoms with van der Waals surface area (Å²) in [6.45, 7) is 2.78. The van der Waals surface area contributed by atoms with E-state index in [1.165, 1.54) is 25.3 Å². The molecule has 0 atom stereocenters. The maximum absolute atomic E-state index is 10.7. The number of rotatable bonds is 8. The van der Waals surface area contributed by atoms with Crippen LogP contribution in [0.3, 0.4) is 0 Å². The van der Waals surface area contributed by atoms with Gasteiger partial charge in [0.2, 0.25) is 5.88 Å². The van der Waals surface area contributed by atoms with E-state index in [1.807, 2.05) is 0 Å². The molecule has 0 fully saturated rings. The summed E-state index contributed by atoms with van der Waals surface area (Å²) in [6, 6.07) is 4.78. The van der Waals surface area contributed by atoms with Crippen molar-refractivity contribution in [2.75, 3.05) is 6.61 Å². The van der Waals surface area contributed by atoms with E-state index in [4.69, 9.17) is 9.84 Å². The van der Waals surface area contributed by atoms with E-state index in [1.54, 1.807) is 12.1 Å². The number of ether oxygens (including phenoxy) is 1. The summed E-state index contributed by atoms with van der Waals surface area (Å²) in [5, 5.41) is 8.76. The first-order valence-electron chi connectivity index (χ1n) is 6.07. The SMILES string of the molecule is CCCCCCCOc1cccc(C(=O)O)n1. The fourth-order valence-electron chi connectivity index (χ4n) is 1.50. The number of hydrogen-bond donors (Lipinski definition) is 1. The molecule has 0 unspecified atom stereocenters. The molecule has 4 nitrogen and oxygen atoms in total. The van der Waals surface area contributed by atoms with Gasteiger partial charge in [-0.05, 0) is 12.5 Å². The van der Waals surface area contributed by atoms with E-state index in [2.05, 4.69) is 11.9 Å². The standard InChI is InChI=1S/C13H19NO3/c1-2-3-4-5-6-10-17-12-9-7-8-11(14-12)13(15)16/h7-9H,2-6,10H2,1H3,(H,15,16). The van der Waals surface area contributed by atoms with E-state index in [0.29, 0.717) is 12.5 Å². The minimum atomic E-state index is -1.03. The van der Waals surface area contributed by atoms with E-state index in [9.17, 15) is 4.79 Å². The Hall–Kier alpha value is -1.58. The first kappa shape index (κ1) is 13.5. The molecule has 0 bridgehead atoms. The fraction of sp³-hybridized carbons (Fsp3) is 0.538. The van der Waals surface area contributed by atoms with Gasteiger partial charge in [0.15, 0.2) is 5.69 Å². The largest absolute Gasteiger partial charge is 0.478 e. The molecule has 0 aliphatic rings. The lowest BCUT2D eigenvalue weighted by atomic mass is 10.2. The monoisotopic (exact) mass is 237 g/mol. The van der Waals surface area contributed by atoms with Crippen molar-refractivity contribution in [3.63, 3.8) is 0 Å². The highest BCUT2D eigenvalue weighted by Gasteiger charge is 2.05. The molecule has 0 saturated carbocycles. The molecular formula is C13H19NO3. The molecule has 0 aromatic carbocycles. The molecule has 0 saturated heterocycles. The number of carboxylic acids is 1. The van der Waals surface area contributed by atoms with Gasteiger partial charge in [0.1, 0.15) is 0 Å². The van der Waals surface area contributed by atoms with Gasteiger partial charge in [-0.2, -0.15) is 0 Å². The van der Waals surface area contributed by atoms with Gasteiger partial charge in [0, 0.05) is 6.07 Å². The Morgan fingerprint density at radius 3 is 2.76 bits per heavy atom. The molecule has 1 rings (SSSR count). The third-order valence-corrected chi connectivity index (χ3v) is 2.44. The number of nitrogens with zero attached hydrogens (tertiary/aromatic N) is 1. The predicted octanol–water partition coefficient (Wildman–Crippen LogP) is 3.13. The zero-order valence-corrected chi connectivity index (χ0v) is 10.2. The fourth-order valence-corrected chi connectivity index (χ4v) is 1.50. The number of aromatic nitrogens is 1. The van der Waals surface area contributed by atoms with Gasteiger partial charge in [0.25, 0.3) is 0 Å². The van der Waals surface area contributed by atoms with Gasteiger partial charge in [-0.3, -0.25) is 0 Å². The van der Waals surface area contributed by atoms with Crippen LogP contribution in [0.4, 0.5) is 0 Å². The molecule has 17 heavy (non-hydrogen) atoms. The summed E-state index contributed by atoms with van der Waals surface area (Å²) in [5.74, 6) is -0.640. The molecule has 4 heteroatoms. The maximum atomic E-state index is 10.7. The van der Waals surface area contributed by atoms with Gasteiger partial charge in [-0.1, -0.05) is 38.7 Å². The number of hydrogen-bond acceptors (Lipinski definition) is 3. The van der Waals surface area contributed by atoms with Crippen LogP contribution in [0.2, 0.25) is 0 Å². The highest BCUT2D eigenvalue weighted by atomic mass is 16.5. The van der Waals surface area contributed by atoms with Gasteiger partial charge in [0.05, 0.1) is 6.61 Å². The Morgan fingerprint density at radius 1 is 1.29 bits per heavy atom. The smallest absolute Gasteiger partial charge is 0.354 e. The topological polar surface area (TPSA) is 59.4 Å². The number of carbonyl (C=O) groups is 1. The lowest BCUT2D eigenvalue weighted by Gasteiger charge is -2.05. The van der Waals surface area contributed by atoms with Crippen LogP contribution in [-0.2, 0) is 0 Å². The van der Waals surface area contributed by atoms with Crippen LogP contribution >= 0.6 is 0 Å². The normalized spacial score (nSPS) is 10.2. The lowest BCUT2D eigenvalue weighted by Crippen LogP contribution is -2.04. The maximum Gasteiger partial charge on any atom is 0.354 e. The molecule has 0 aliphatic heterocycles. The third kappa shape index (κ3) is 5.33. The average molecular weight is 237 g/mol. The first-order chi connectivity index (χ1) is 8.24. The zero-order valence-electron chi connectivity index (χ0n) is 10.2. The third-order valence-electron chi connectivity index (χ3n) is 2.44. The first-order valence-corrected chi connectivity index (χ1v) is 6.07. The Morgan fingerprint density at radius 2 is 2.06 bits per heavy atom. The molecule has 1 aromatic heterocycles. The summed E-state index contributed by atoms with van der Waals surface area (Å²) in [6.07, 6.45) is 5.84. The predicted molar refractivity (Wildman–Crippen MR) is 65.5 cm³/mol. The van der Waals surface area contributed by atoms with E-state index < -0.39 is 5.97 Å². The van der Waals surface area contributed by atoms with Crippen LogP contribution in [0.5, 0.6) is 5.88 Å². The van der Waals surface area contributed by atoms with Crippen LogP contribution in [0.25, 0.3) is 0 Å². The van der Waals surface area contributed by atoms with Crippen molar-refractivity contribution >= 4 is 5.97 Å². The van der Waals surface area contributed by atoms with Crippen molar-refractivity contribution in [3.05, 3.63) is 23.9 Å². The molecule has 1 aromatic rings. The van der Waals surface area contributed by atoms with Gasteiger partial charge < -0.3 is 9.84 Å². The average Bonchev–Trinajstić information content (AvgIpc) is 2.34. The van der Waals surface area contributed by atoms with E-state index in [0.717, 1.165) is 12.8 Å². The summed E-state index contributed by atoms with van der Waals surface area (Å²) < 4.78 is 5.40. The summed E-state index contributed by atoms with van der Waals surface area (Å²) in [4.78, 5) is 14.6. The number of pyridine rings is 1. The highest BCUT2D eigenvalue weighted by Crippen LogP contribution is 2.09. The van der Waals surface area contributed by atoms with Gasteiger partial charge >= 0.3 is 5.97 Å². The van der Waals surface area contributed by atoms with Crippen molar-refractivity contribution in [1.82, 2.24) is 4.98 Å². The molecule has 1 N–H and O–H groups in total. The molecular weight excluding hydrogens is 218 g/mol. The summed E-state index contributed by atoms with van der Waals surface area (Å²) in [7, 11) is 0. The van der Waals surface area contributed by atoms with E-state index in [-0.39, 0.29) is 5.69 Å². The molecule has 0 spiro atoms. The minimum Gasteiger partial charge on any atom is -0.478 e. The van der Waals surface area contributed by atoms with Crippen molar-refractivity contribution in [1.29, 1.82) is 0 Å². The van der Waals surface area contributed by atoms with Gasteiger partial charge in [-0.15, -0.1) is 0 Å². The summed E-state index contributed by atoms with van der Waals surface area (Å²) >= 11 is 0. The van der Waals surface area contributed by atoms with Crippen molar-refractivity contribution in [2.24, 2.45) is 0 Å². The Labute approximate surface area is 102 Å². The van der Waals surface area contributed by atoms with Crippen LogP contribution in [0, 0.1) is 0 Å². The Bertz CT molecular complexity index is 352. The van der Waals surface area contributed by atoms with Crippen molar-refractivity contribution < 1.29 is 14.6 Å². The molecule has 94 valence electrons. The Kier molecular flexibility index (Phi) is 6.07. The zero-order chi connectivity index (χ0) is 12.5. The Balaban J connectivity index is 2.27. The molecule has 0 aliphatic carbocycles. The highest BCUT2D eigenvalue weighted by molar-refractivity contribution is 5.85. The second kappa shape index (κ2) is 7.65. The van der Waals surface area contributed by atoms with Gasteiger partial charge in [-0.25, -0.2) is 9.78 Å².